The second-order valence-electron chi connectivity index (χ2n) is 10.5. The van der Waals surface area contributed by atoms with Crippen LogP contribution < -0.4 is 33.6 Å². The molecule has 0 fully saturated rings. The first-order chi connectivity index (χ1) is 24.9. The van der Waals surface area contributed by atoms with Crippen molar-refractivity contribution in [2.45, 2.75) is 25.7 Å². The molecule has 0 amide bonds. The van der Waals surface area contributed by atoms with E-state index in [2.05, 4.69) is 30.6 Å². The van der Waals surface area contributed by atoms with Crippen molar-refractivity contribution in [1.82, 2.24) is 0 Å². The molecule has 4 aromatic rings. The maximum absolute atomic E-state index is 10.2. The number of nitrogens with zero attached hydrogens (tertiary/aromatic N) is 4. The molecule has 16 heteroatoms. The van der Waals surface area contributed by atoms with Gasteiger partial charge in [-0.1, -0.05) is 72.4 Å². The van der Waals surface area contributed by atoms with Crippen molar-refractivity contribution in [2.24, 2.45) is 42.9 Å². The minimum Gasteiger partial charge on any atom is -0.478 e. The maximum atomic E-state index is 10.2. The second kappa shape index (κ2) is 24.1. The second-order valence-corrected chi connectivity index (χ2v) is 11.4. The number of unbranched alkanes of at least 4 members (excludes halogenated alkanes) is 3. The fraction of sp³-hybridized carbons (Fsp3) is 0.167. The predicted molar refractivity (Wildman–Crippen MR) is 212 cm³/mol. The van der Waals surface area contributed by atoms with Crippen LogP contribution in [0.5, 0.6) is 0 Å². The summed E-state index contributed by atoms with van der Waals surface area (Å²) in [4.78, 5) is 36.9. The number of halogens is 2. The van der Waals surface area contributed by atoms with Crippen LogP contribution in [0.4, 0.5) is 11.4 Å². The van der Waals surface area contributed by atoms with Crippen LogP contribution in [0.3, 0.4) is 0 Å². The van der Waals surface area contributed by atoms with Crippen molar-refractivity contribution in [3.8, 4) is 0 Å². The normalized spacial score (nSPS) is 11.7. The van der Waals surface area contributed by atoms with Gasteiger partial charge in [-0.3, -0.25) is 9.98 Å². The molecular weight excluding hydrogens is 707 g/mol. The highest BCUT2D eigenvalue weighted by Gasteiger charge is 2.00. The molecule has 0 radical (unpaired) electrons. The average molecular weight is 750 g/mol. The molecule has 0 aromatic heterocycles. The lowest BCUT2D eigenvalue weighted by atomic mass is 10.2. The predicted octanol–water partition coefficient (Wildman–Crippen LogP) is 6.11. The van der Waals surface area contributed by atoms with Gasteiger partial charge in [0.2, 0.25) is 23.8 Å². The maximum Gasteiger partial charge on any atom is 0.335 e. The molecule has 0 saturated heterocycles. The van der Waals surface area contributed by atoms with Crippen LogP contribution in [0, 0.1) is 0 Å². The van der Waals surface area contributed by atoms with E-state index >= 15 is 0 Å². The van der Waals surface area contributed by atoms with Crippen LogP contribution in [0.15, 0.2) is 129 Å². The summed E-state index contributed by atoms with van der Waals surface area (Å²) in [5.41, 5.74) is 25.4. The van der Waals surface area contributed by atoms with Crippen LogP contribution >= 0.6 is 23.2 Å². The highest BCUT2D eigenvalue weighted by Crippen LogP contribution is 2.14. The fourth-order valence-corrected chi connectivity index (χ4v) is 4.11. The molecule has 0 saturated carbocycles. The summed E-state index contributed by atoms with van der Waals surface area (Å²) in [5, 5.41) is 23.9. The van der Waals surface area contributed by atoms with Crippen molar-refractivity contribution >= 4 is 70.4 Å². The van der Waals surface area contributed by atoms with E-state index in [1.54, 1.807) is 109 Å². The van der Waals surface area contributed by atoms with Crippen molar-refractivity contribution in [3.05, 3.63) is 130 Å². The molecule has 4 rings (SSSR count). The Balaban J connectivity index is 0.000000417. The SMILES string of the molecule is NC(=NCCCCCCN=C(N)N=C(N)Nc1ccc(Cl)cc1)N=C(N)Nc1ccc(Cl)cc1.O=C(O)c1ccccc1.O=C(O)c1ccccc1. The third-order valence-electron chi connectivity index (χ3n) is 6.36. The number of guanidine groups is 4. The number of nitrogens with one attached hydrogen (secondary N) is 2. The summed E-state index contributed by atoms with van der Waals surface area (Å²) in [5.74, 6) is -1.19. The van der Waals surface area contributed by atoms with E-state index in [0.29, 0.717) is 34.3 Å². The largest absolute Gasteiger partial charge is 0.478 e. The minimum absolute atomic E-state index is 0.124. The van der Waals surface area contributed by atoms with Crippen molar-refractivity contribution < 1.29 is 19.8 Å². The van der Waals surface area contributed by atoms with E-state index in [1.165, 1.54) is 0 Å². The molecule has 0 aliphatic carbocycles. The zero-order valence-electron chi connectivity index (χ0n) is 28.2. The molecule has 0 heterocycles. The number of hydrogen-bond acceptors (Lipinski definition) is 4. The summed E-state index contributed by atoms with van der Waals surface area (Å²) in [6.45, 7) is 1.12. The summed E-state index contributed by atoms with van der Waals surface area (Å²) in [6, 6.07) is 30.7. The number of carboxylic acids is 2. The topological polar surface area (TPSA) is 252 Å². The molecular formula is C36H42Cl2N10O4. The van der Waals surface area contributed by atoms with Crippen LogP contribution in [0.25, 0.3) is 0 Å². The van der Waals surface area contributed by atoms with Crippen molar-refractivity contribution in [1.29, 1.82) is 0 Å². The number of anilines is 2. The molecule has 0 atom stereocenters. The van der Waals surface area contributed by atoms with Crippen LogP contribution in [0.1, 0.15) is 46.4 Å². The molecule has 0 unspecified atom stereocenters. The third-order valence-corrected chi connectivity index (χ3v) is 6.86. The van der Waals surface area contributed by atoms with E-state index < -0.39 is 11.9 Å². The first-order valence-corrected chi connectivity index (χ1v) is 16.6. The van der Waals surface area contributed by atoms with Crippen LogP contribution in [-0.4, -0.2) is 59.1 Å². The van der Waals surface area contributed by atoms with Crippen LogP contribution in [-0.2, 0) is 0 Å². The summed E-state index contributed by atoms with van der Waals surface area (Å²) < 4.78 is 0. The molecule has 0 spiro atoms. The smallest absolute Gasteiger partial charge is 0.335 e. The van der Waals surface area contributed by atoms with Gasteiger partial charge in [0.1, 0.15) is 0 Å². The van der Waals surface area contributed by atoms with Crippen LogP contribution in [0.2, 0.25) is 10.0 Å². The number of hydrogen-bond donors (Lipinski definition) is 8. The number of nitrogens with two attached hydrogens (primary N) is 4. The molecule has 0 aliphatic heterocycles. The van der Waals surface area contributed by atoms with E-state index in [9.17, 15) is 9.59 Å². The highest BCUT2D eigenvalue weighted by molar-refractivity contribution is 6.31. The summed E-state index contributed by atoms with van der Waals surface area (Å²) in [6.07, 6.45) is 3.68. The van der Waals surface area contributed by atoms with Gasteiger partial charge in [0.15, 0.2) is 0 Å². The fourth-order valence-electron chi connectivity index (χ4n) is 3.86. The van der Waals surface area contributed by atoms with Gasteiger partial charge in [0, 0.05) is 34.5 Å². The summed E-state index contributed by atoms with van der Waals surface area (Å²) >= 11 is 11.7. The first-order valence-electron chi connectivity index (χ1n) is 15.8. The Morgan fingerprint density at radius 3 is 1.13 bits per heavy atom. The lowest BCUT2D eigenvalue weighted by Crippen LogP contribution is -2.26. The van der Waals surface area contributed by atoms with Gasteiger partial charge in [0.05, 0.1) is 11.1 Å². The molecule has 0 bridgehead atoms. The molecule has 12 N–H and O–H groups in total. The monoisotopic (exact) mass is 748 g/mol. The van der Waals surface area contributed by atoms with Gasteiger partial charge < -0.3 is 43.8 Å². The number of aliphatic imine (C=N–C) groups is 4. The zero-order valence-corrected chi connectivity index (χ0v) is 29.7. The first kappa shape index (κ1) is 42.0. The number of carbonyl (C=O) groups is 2. The number of carboxylic acid groups (broad SMARTS) is 2. The standard InChI is InChI=1S/C22H30Cl2N10.2C7H6O2/c23-15-5-9-17(10-6-15)31-21(27)33-19(25)29-13-3-1-2-4-14-30-20(26)34-22(28)32-18-11-7-16(24)8-12-18;2*8-7(9)6-4-2-1-3-5-6/h5-12H,1-4,13-14H2,(H5,25,27,29,31,33)(H5,26,28,30,32,34);2*1-5H,(H,8,9). The molecule has 274 valence electrons. The van der Waals surface area contributed by atoms with E-state index in [4.69, 9.17) is 56.3 Å². The van der Waals surface area contributed by atoms with Gasteiger partial charge in [-0.05, 0) is 85.6 Å². The quantitative estimate of drug-likeness (QED) is 0.0496. The van der Waals surface area contributed by atoms with Gasteiger partial charge in [-0.2, -0.15) is 9.98 Å². The Morgan fingerprint density at radius 2 is 0.846 bits per heavy atom. The van der Waals surface area contributed by atoms with Gasteiger partial charge in [-0.25, -0.2) is 9.59 Å². The Morgan fingerprint density at radius 1 is 0.519 bits per heavy atom. The lowest BCUT2D eigenvalue weighted by Gasteiger charge is -2.05. The average Bonchev–Trinajstić information content (AvgIpc) is 3.12. The minimum atomic E-state index is -0.879. The Kier molecular flexibility index (Phi) is 19.5. The molecule has 14 nitrogen and oxygen atoms in total. The number of benzene rings is 4. The Labute approximate surface area is 312 Å². The highest BCUT2D eigenvalue weighted by atomic mass is 35.5. The Bertz CT molecular complexity index is 1650. The lowest BCUT2D eigenvalue weighted by molar-refractivity contribution is 0.0686. The van der Waals surface area contributed by atoms with E-state index in [0.717, 1.165) is 37.1 Å². The molecule has 4 aromatic carbocycles. The zero-order chi connectivity index (χ0) is 38.1. The molecule has 52 heavy (non-hydrogen) atoms. The third kappa shape index (κ3) is 19.2. The van der Waals surface area contributed by atoms with E-state index in [1.807, 2.05) is 0 Å². The van der Waals surface area contributed by atoms with Crippen molar-refractivity contribution in [3.63, 3.8) is 0 Å². The van der Waals surface area contributed by atoms with Gasteiger partial charge >= 0.3 is 11.9 Å². The van der Waals surface area contributed by atoms with Gasteiger partial charge in [-0.15, -0.1) is 0 Å². The number of aromatic carboxylic acids is 2. The van der Waals surface area contributed by atoms with E-state index in [-0.39, 0.29) is 23.8 Å². The molecule has 0 aliphatic rings. The summed E-state index contributed by atoms with van der Waals surface area (Å²) in [7, 11) is 0. The Hall–Kier alpha value is -6.12. The van der Waals surface area contributed by atoms with Gasteiger partial charge in [0.25, 0.3) is 0 Å². The van der Waals surface area contributed by atoms with Crippen molar-refractivity contribution in [2.75, 3.05) is 23.7 Å². The number of rotatable bonds is 11.